The minimum Gasteiger partial charge on any atom is -0.381 e. The van der Waals surface area contributed by atoms with Gasteiger partial charge in [-0.3, -0.25) is 4.79 Å². The molecule has 1 amide bonds. The molecule has 1 saturated carbocycles. The molecule has 0 bridgehead atoms. The maximum absolute atomic E-state index is 12.6. The van der Waals surface area contributed by atoms with E-state index in [9.17, 15) is 4.79 Å². The van der Waals surface area contributed by atoms with Crippen molar-refractivity contribution in [2.75, 3.05) is 13.7 Å². The van der Waals surface area contributed by atoms with Gasteiger partial charge in [0.1, 0.15) is 0 Å². The van der Waals surface area contributed by atoms with Crippen molar-refractivity contribution in [1.29, 1.82) is 0 Å². The smallest absolute Gasteiger partial charge is 0.240 e. The Hall–Kier alpha value is -0.610. The molecule has 1 heterocycles. The van der Waals surface area contributed by atoms with Crippen molar-refractivity contribution in [3.63, 3.8) is 0 Å². The van der Waals surface area contributed by atoms with Crippen molar-refractivity contribution >= 4 is 5.91 Å². The van der Waals surface area contributed by atoms with Gasteiger partial charge in [0.25, 0.3) is 0 Å². The molecule has 2 rings (SSSR count). The van der Waals surface area contributed by atoms with Crippen LogP contribution in [0.2, 0.25) is 0 Å². The summed E-state index contributed by atoms with van der Waals surface area (Å²) in [6.07, 6.45) is 5.22. The molecule has 0 radical (unpaired) electrons. The van der Waals surface area contributed by atoms with E-state index in [2.05, 4.69) is 31.4 Å². The monoisotopic (exact) mass is 268 g/mol. The second-order valence-corrected chi connectivity index (χ2v) is 6.67. The van der Waals surface area contributed by atoms with E-state index in [-0.39, 0.29) is 29.0 Å². The number of carbonyl (C=O) groups is 1. The minimum absolute atomic E-state index is 0.0381. The quantitative estimate of drug-likeness (QED) is 0.800. The fraction of sp³-hybridized carbons (Fsp3) is 0.933. The summed E-state index contributed by atoms with van der Waals surface area (Å²) in [6, 6.07) is 0.237. The van der Waals surface area contributed by atoms with Crippen LogP contribution in [0, 0.1) is 5.41 Å². The molecule has 3 atom stereocenters. The van der Waals surface area contributed by atoms with E-state index >= 15 is 0 Å². The normalized spacial score (nSPS) is 36.8. The number of ether oxygens (including phenoxy) is 1. The summed E-state index contributed by atoms with van der Waals surface area (Å²) in [5.74, 6) is 0.194. The minimum atomic E-state index is -0.316. The van der Waals surface area contributed by atoms with Gasteiger partial charge in [-0.1, -0.05) is 27.2 Å². The van der Waals surface area contributed by atoms with E-state index in [0.717, 1.165) is 38.6 Å². The average Bonchev–Trinajstić information content (AvgIpc) is 2.84. The van der Waals surface area contributed by atoms with Crippen LogP contribution in [0.25, 0.3) is 0 Å². The van der Waals surface area contributed by atoms with Crippen molar-refractivity contribution in [2.24, 2.45) is 5.41 Å². The highest BCUT2D eigenvalue weighted by atomic mass is 16.5. The first kappa shape index (κ1) is 14.8. The Morgan fingerprint density at radius 3 is 2.68 bits per heavy atom. The van der Waals surface area contributed by atoms with Gasteiger partial charge in [0, 0.05) is 18.6 Å². The fourth-order valence-electron chi connectivity index (χ4n) is 3.58. The lowest BCUT2D eigenvalue weighted by Crippen LogP contribution is -2.65. The van der Waals surface area contributed by atoms with Gasteiger partial charge < -0.3 is 15.4 Å². The fourth-order valence-corrected chi connectivity index (χ4v) is 3.58. The van der Waals surface area contributed by atoms with E-state index in [1.54, 1.807) is 7.11 Å². The lowest BCUT2D eigenvalue weighted by Gasteiger charge is -2.52. The van der Waals surface area contributed by atoms with Crippen molar-refractivity contribution < 1.29 is 9.53 Å². The number of nitrogens with one attached hydrogen (secondary N) is 2. The second-order valence-electron chi connectivity index (χ2n) is 6.67. The Bertz CT molecular complexity index is 335. The Labute approximate surface area is 116 Å². The highest BCUT2D eigenvalue weighted by Gasteiger charge is 2.51. The van der Waals surface area contributed by atoms with Crippen LogP contribution in [0.1, 0.15) is 52.9 Å². The molecular weight excluding hydrogens is 240 g/mol. The van der Waals surface area contributed by atoms with Crippen LogP contribution < -0.4 is 10.6 Å². The molecule has 1 aliphatic carbocycles. The molecule has 2 N–H and O–H groups in total. The van der Waals surface area contributed by atoms with Crippen LogP contribution in [-0.2, 0) is 9.53 Å². The van der Waals surface area contributed by atoms with Crippen LogP contribution in [0.5, 0.6) is 0 Å². The molecular formula is C15H28N2O2. The lowest BCUT2D eigenvalue weighted by atomic mass is 9.64. The van der Waals surface area contributed by atoms with E-state index in [1.165, 1.54) is 0 Å². The molecule has 3 unspecified atom stereocenters. The van der Waals surface area contributed by atoms with Gasteiger partial charge in [0.15, 0.2) is 0 Å². The molecule has 2 aliphatic rings. The third-order valence-electron chi connectivity index (χ3n) is 5.12. The molecule has 2 fully saturated rings. The molecule has 0 aromatic rings. The van der Waals surface area contributed by atoms with Crippen LogP contribution in [0.4, 0.5) is 0 Å². The van der Waals surface area contributed by atoms with Crippen LogP contribution in [-0.4, -0.2) is 37.2 Å². The largest absolute Gasteiger partial charge is 0.381 e. The maximum atomic E-state index is 12.6. The van der Waals surface area contributed by atoms with Gasteiger partial charge >= 0.3 is 0 Å². The molecule has 0 aromatic heterocycles. The van der Waals surface area contributed by atoms with Gasteiger partial charge in [-0.15, -0.1) is 0 Å². The molecule has 0 spiro atoms. The van der Waals surface area contributed by atoms with Gasteiger partial charge in [-0.2, -0.15) is 0 Å². The lowest BCUT2D eigenvalue weighted by molar-refractivity contribution is -0.138. The van der Waals surface area contributed by atoms with Gasteiger partial charge in [-0.05, 0) is 32.2 Å². The summed E-state index contributed by atoms with van der Waals surface area (Å²) in [5.41, 5.74) is -0.278. The van der Waals surface area contributed by atoms with E-state index in [1.807, 2.05) is 0 Å². The molecule has 1 aliphatic heterocycles. The second kappa shape index (κ2) is 5.41. The molecule has 110 valence electrons. The number of methoxy groups -OCH3 is 1. The Kier molecular flexibility index (Phi) is 4.21. The van der Waals surface area contributed by atoms with Crippen molar-refractivity contribution in [2.45, 2.75) is 70.6 Å². The molecule has 0 aromatic carbocycles. The van der Waals surface area contributed by atoms with Crippen molar-refractivity contribution in [3.05, 3.63) is 0 Å². The zero-order chi connectivity index (χ0) is 14.1. The number of rotatable bonds is 5. The Morgan fingerprint density at radius 1 is 1.47 bits per heavy atom. The first-order chi connectivity index (χ1) is 8.96. The SMILES string of the molecule is CCCC1(C(=O)NC2CC(OC)C2(C)C)CCCN1. The number of amides is 1. The highest BCUT2D eigenvalue weighted by Crippen LogP contribution is 2.42. The van der Waals surface area contributed by atoms with Gasteiger partial charge in [0.05, 0.1) is 11.6 Å². The maximum Gasteiger partial charge on any atom is 0.240 e. The molecule has 1 saturated heterocycles. The zero-order valence-electron chi connectivity index (χ0n) is 12.7. The van der Waals surface area contributed by atoms with Gasteiger partial charge in [0.2, 0.25) is 5.91 Å². The standard InChI is InChI=1S/C15H28N2O2/c1-5-7-15(8-6-9-16-15)13(18)17-11-10-12(19-4)14(11,2)3/h11-12,16H,5-10H2,1-4H3,(H,17,18). The molecule has 19 heavy (non-hydrogen) atoms. The highest BCUT2D eigenvalue weighted by molar-refractivity contribution is 5.87. The van der Waals surface area contributed by atoms with E-state index < -0.39 is 0 Å². The van der Waals surface area contributed by atoms with Crippen molar-refractivity contribution in [1.82, 2.24) is 10.6 Å². The first-order valence-electron chi connectivity index (χ1n) is 7.55. The summed E-state index contributed by atoms with van der Waals surface area (Å²) < 4.78 is 5.44. The Morgan fingerprint density at radius 2 is 2.21 bits per heavy atom. The van der Waals surface area contributed by atoms with E-state index in [4.69, 9.17) is 4.74 Å². The third-order valence-corrected chi connectivity index (χ3v) is 5.12. The zero-order valence-corrected chi connectivity index (χ0v) is 12.7. The Balaban J connectivity index is 1.97. The number of carbonyl (C=O) groups excluding carboxylic acids is 1. The van der Waals surface area contributed by atoms with Crippen LogP contribution in [0.15, 0.2) is 0 Å². The number of hydrogen-bond donors (Lipinski definition) is 2. The summed E-state index contributed by atoms with van der Waals surface area (Å²) in [4.78, 5) is 12.6. The average molecular weight is 268 g/mol. The summed E-state index contributed by atoms with van der Waals surface area (Å²) in [5, 5.41) is 6.69. The predicted molar refractivity (Wildman–Crippen MR) is 76.0 cm³/mol. The third kappa shape index (κ3) is 2.52. The molecule has 4 nitrogen and oxygen atoms in total. The first-order valence-corrected chi connectivity index (χ1v) is 7.55. The van der Waals surface area contributed by atoms with Crippen molar-refractivity contribution in [3.8, 4) is 0 Å². The number of hydrogen-bond acceptors (Lipinski definition) is 3. The summed E-state index contributed by atoms with van der Waals surface area (Å²) in [7, 11) is 1.75. The summed E-state index contributed by atoms with van der Waals surface area (Å²) >= 11 is 0. The van der Waals surface area contributed by atoms with Crippen LogP contribution in [0.3, 0.4) is 0 Å². The molecule has 4 heteroatoms. The van der Waals surface area contributed by atoms with E-state index in [0.29, 0.717) is 0 Å². The van der Waals surface area contributed by atoms with Gasteiger partial charge in [-0.25, -0.2) is 0 Å². The predicted octanol–water partition coefficient (Wildman–Crippen LogP) is 1.84. The topological polar surface area (TPSA) is 50.4 Å². The summed E-state index contributed by atoms with van der Waals surface area (Å²) in [6.45, 7) is 7.44. The van der Waals surface area contributed by atoms with Crippen LogP contribution >= 0.6 is 0 Å².